The number of carboxylic acid groups (broad SMARTS) is 1. The van der Waals surface area contributed by atoms with E-state index in [-0.39, 0.29) is 0 Å². The number of rotatable bonds is 5. The lowest BCUT2D eigenvalue weighted by Gasteiger charge is -2.19. The number of hydrogen-bond acceptors (Lipinski definition) is 2. The molecule has 0 bridgehead atoms. The van der Waals surface area contributed by atoms with Crippen LogP contribution in [0.2, 0.25) is 10.0 Å². The van der Waals surface area contributed by atoms with Crippen molar-refractivity contribution in [2.45, 2.75) is 12.8 Å². The lowest BCUT2D eigenvalue weighted by molar-refractivity contribution is -0.146. The molecule has 0 saturated carbocycles. The molecule has 0 heterocycles. The third-order valence-electron chi connectivity index (χ3n) is 2.65. The predicted molar refractivity (Wildman–Crippen MR) is 71.2 cm³/mol. The Morgan fingerprint density at radius 2 is 1.94 bits per heavy atom. The number of ketones is 1. The summed E-state index contributed by atoms with van der Waals surface area (Å²) in [7, 11) is 0. The highest BCUT2D eigenvalue weighted by Crippen LogP contribution is 2.31. The summed E-state index contributed by atoms with van der Waals surface area (Å²) in [5.74, 6) is -3.41. The molecule has 2 atom stereocenters. The summed E-state index contributed by atoms with van der Waals surface area (Å²) < 4.78 is 0. The molecule has 0 radical (unpaired) electrons. The molecule has 2 unspecified atom stereocenters. The van der Waals surface area contributed by atoms with Gasteiger partial charge in [-0.1, -0.05) is 35.3 Å². The first kappa shape index (κ1) is 14.7. The molecule has 1 N–H and O–H groups in total. The van der Waals surface area contributed by atoms with E-state index in [1.165, 1.54) is 13.0 Å². The number of carboxylic acids is 1. The fraction of sp³-hybridized carbons (Fsp3) is 0.231. The van der Waals surface area contributed by atoms with Gasteiger partial charge in [-0.15, -0.1) is 6.58 Å². The quantitative estimate of drug-likeness (QED) is 0.665. The van der Waals surface area contributed by atoms with Crippen LogP contribution in [0.15, 0.2) is 30.9 Å². The van der Waals surface area contributed by atoms with Crippen LogP contribution < -0.4 is 0 Å². The molecule has 3 nitrogen and oxygen atoms in total. The lowest BCUT2D eigenvalue weighted by Crippen LogP contribution is -2.27. The Balaban J connectivity index is 3.23. The van der Waals surface area contributed by atoms with Gasteiger partial charge in [-0.3, -0.25) is 9.59 Å². The topological polar surface area (TPSA) is 54.4 Å². The summed E-state index contributed by atoms with van der Waals surface area (Å²) in [6.07, 6.45) is 1.43. The number of aliphatic carboxylic acids is 1. The summed E-state index contributed by atoms with van der Waals surface area (Å²) in [4.78, 5) is 22.6. The zero-order valence-electron chi connectivity index (χ0n) is 9.69. The highest BCUT2D eigenvalue weighted by Gasteiger charge is 2.31. The molecular formula is C13H12Cl2O3. The summed E-state index contributed by atoms with van der Waals surface area (Å²) in [6.45, 7) is 4.83. The maximum Gasteiger partial charge on any atom is 0.314 e. The number of Topliss-reactive ketones (excluding diaryl/α,β-unsaturated/α-hetero) is 1. The summed E-state index contributed by atoms with van der Waals surface area (Å²) >= 11 is 11.7. The van der Waals surface area contributed by atoms with E-state index in [0.717, 1.165) is 0 Å². The molecule has 1 rings (SSSR count). The Morgan fingerprint density at radius 3 is 2.33 bits per heavy atom. The maximum absolute atomic E-state index is 11.4. The molecule has 0 spiro atoms. The van der Waals surface area contributed by atoms with Crippen molar-refractivity contribution in [3.8, 4) is 0 Å². The number of carbonyl (C=O) groups excluding carboxylic acids is 1. The number of allylic oxidation sites excluding steroid dienone is 1. The zero-order valence-corrected chi connectivity index (χ0v) is 11.2. The first-order valence-corrected chi connectivity index (χ1v) is 5.94. The van der Waals surface area contributed by atoms with Crippen molar-refractivity contribution >= 4 is 35.0 Å². The second-order valence-corrected chi connectivity index (χ2v) is 4.68. The number of carbonyl (C=O) groups is 2. The van der Waals surface area contributed by atoms with E-state index in [0.29, 0.717) is 15.6 Å². The van der Waals surface area contributed by atoms with Gasteiger partial charge < -0.3 is 5.11 Å². The van der Waals surface area contributed by atoms with Crippen molar-refractivity contribution in [2.24, 2.45) is 5.92 Å². The van der Waals surface area contributed by atoms with Crippen LogP contribution in [-0.2, 0) is 9.59 Å². The molecule has 5 heteroatoms. The zero-order chi connectivity index (χ0) is 13.9. The highest BCUT2D eigenvalue weighted by atomic mass is 35.5. The van der Waals surface area contributed by atoms with Gasteiger partial charge in [0.25, 0.3) is 0 Å². The van der Waals surface area contributed by atoms with Gasteiger partial charge >= 0.3 is 5.97 Å². The smallest absolute Gasteiger partial charge is 0.314 e. The Hall–Kier alpha value is -1.32. The van der Waals surface area contributed by atoms with Gasteiger partial charge in [-0.2, -0.15) is 0 Å². The lowest BCUT2D eigenvalue weighted by atomic mass is 9.84. The van der Waals surface area contributed by atoms with E-state index in [9.17, 15) is 9.59 Å². The number of hydrogen-bond donors (Lipinski definition) is 1. The van der Waals surface area contributed by atoms with E-state index in [4.69, 9.17) is 28.3 Å². The van der Waals surface area contributed by atoms with Crippen molar-refractivity contribution in [1.29, 1.82) is 0 Å². The van der Waals surface area contributed by atoms with E-state index in [1.54, 1.807) is 18.2 Å². The molecule has 1 aromatic rings. The van der Waals surface area contributed by atoms with Crippen molar-refractivity contribution < 1.29 is 14.7 Å². The first-order chi connectivity index (χ1) is 8.38. The standard InChI is InChI=1S/C13H12Cl2O3/c1-3-9(12(7(2)16)13(17)18)8-4-5-10(14)11(15)6-8/h3-6,9,12H,1H2,2H3,(H,17,18). The molecule has 0 saturated heterocycles. The third kappa shape index (κ3) is 3.12. The van der Waals surface area contributed by atoms with Gasteiger partial charge in [0.1, 0.15) is 11.7 Å². The molecule has 18 heavy (non-hydrogen) atoms. The average molecular weight is 287 g/mol. The van der Waals surface area contributed by atoms with Gasteiger partial charge in [0, 0.05) is 5.92 Å². The van der Waals surface area contributed by atoms with E-state index in [2.05, 4.69) is 6.58 Å². The normalized spacial score (nSPS) is 13.7. The Bertz CT molecular complexity index is 483. The predicted octanol–water partition coefficient (Wildman–Crippen LogP) is 3.55. The van der Waals surface area contributed by atoms with E-state index < -0.39 is 23.6 Å². The van der Waals surface area contributed by atoms with Crippen LogP contribution in [0.25, 0.3) is 0 Å². The van der Waals surface area contributed by atoms with Gasteiger partial charge in [0.2, 0.25) is 0 Å². The number of halogens is 2. The molecule has 0 aliphatic carbocycles. The molecule has 0 aliphatic rings. The SMILES string of the molecule is C=CC(c1ccc(Cl)c(Cl)c1)C(C(C)=O)C(=O)O. The molecule has 0 amide bonds. The fourth-order valence-corrected chi connectivity index (χ4v) is 2.07. The van der Waals surface area contributed by atoms with Crippen molar-refractivity contribution in [1.82, 2.24) is 0 Å². The second kappa shape index (κ2) is 6.03. The van der Waals surface area contributed by atoms with Crippen LogP contribution in [0.3, 0.4) is 0 Å². The van der Waals surface area contributed by atoms with Crippen LogP contribution in [0.1, 0.15) is 18.4 Å². The molecule has 0 fully saturated rings. The average Bonchev–Trinajstić information content (AvgIpc) is 2.28. The van der Waals surface area contributed by atoms with E-state index in [1.807, 2.05) is 0 Å². The molecule has 1 aromatic carbocycles. The Morgan fingerprint density at radius 1 is 1.33 bits per heavy atom. The van der Waals surface area contributed by atoms with Gasteiger partial charge in [0.05, 0.1) is 10.0 Å². The molecule has 96 valence electrons. The van der Waals surface area contributed by atoms with Crippen molar-refractivity contribution in [3.05, 3.63) is 46.5 Å². The van der Waals surface area contributed by atoms with Crippen molar-refractivity contribution in [2.75, 3.05) is 0 Å². The van der Waals surface area contributed by atoms with Crippen LogP contribution >= 0.6 is 23.2 Å². The van der Waals surface area contributed by atoms with Crippen LogP contribution in [0, 0.1) is 5.92 Å². The monoisotopic (exact) mass is 286 g/mol. The first-order valence-electron chi connectivity index (χ1n) is 5.19. The van der Waals surface area contributed by atoms with Crippen LogP contribution in [0.5, 0.6) is 0 Å². The number of benzene rings is 1. The van der Waals surface area contributed by atoms with Crippen LogP contribution in [-0.4, -0.2) is 16.9 Å². The molecule has 0 aromatic heterocycles. The summed E-state index contributed by atoms with van der Waals surface area (Å²) in [5, 5.41) is 9.79. The second-order valence-electron chi connectivity index (χ2n) is 3.86. The van der Waals surface area contributed by atoms with Gasteiger partial charge in [0.15, 0.2) is 0 Å². The Labute approximate surface area is 115 Å². The third-order valence-corrected chi connectivity index (χ3v) is 3.38. The minimum atomic E-state index is -1.18. The molecule has 0 aliphatic heterocycles. The maximum atomic E-state index is 11.4. The van der Waals surface area contributed by atoms with Crippen molar-refractivity contribution in [3.63, 3.8) is 0 Å². The minimum Gasteiger partial charge on any atom is -0.481 e. The van der Waals surface area contributed by atoms with Gasteiger partial charge in [-0.25, -0.2) is 0 Å². The van der Waals surface area contributed by atoms with Crippen LogP contribution in [0.4, 0.5) is 0 Å². The fourth-order valence-electron chi connectivity index (χ4n) is 1.76. The largest absolute Gasteiger partial charge is 0.481 e. The molecular weight excluding hydrogens is 275 g/mol. The highest BCUT2D eigenvalue weighted by molar-refractivity contribution is 6.42. The summed E-state index contributed by atoms with van der Waals surface area (Å²) in [6, 6.07) is 4.75. The minimum absolute atomic E-state index is 0.314. The Kier molecular flexibility index (Phi) is 4.93. The summed E-state index contributed by atoms with van der Waals surface area (Å²) in [5.41, 5.74) is 0.599. The van der Waals surface area contributed by atoms with E-state index >= 15 is 0 Å². The van der Waals surface area contributed by atoms with Gasteiger partial charge in [-0.05, 0) is 24.6 Å².